The van der Waals surface area contributed by atoms with Gasteiger partial charge in [0.2, 0.25) is 0 Å². The number of hydrogen-bond acceptors (Lipinski definition) is 4. The van der Waals surface area contributed by atoms with Gasteiger partial charge in [0.1, 0.15) is 5.82 Å². The van der Waals surface area contributed by atoms with Crippen LogP contribution in [0.15, 0.2) is 77.2 Å². The van der Waals surface area contributed by atoms with Crippen molar-refractivity contribution in [3.05, 3.63) is 94.2 Å². The van der Waals surface area contributed by atoms with Gasteiger partial charge in [-0.2, -0.15) is 5.10 Å². The number of pyridine rings is 1. The fraction of sp³-hybridized carbons (Fsp3) is 0.120. The zero-order valence-corrected chi connectivity index (χ0v) is 18.7. The van der Waals surface area contributed by atoms with Crippen LogP contribution in [0.5, 0.6) is 0 Å². The molecule has 0 aliphatic rings. The highest BCUT2D eigenvalue weighted by Gasteiger charge is 2.11. The van der Waals surface area contributed by atoms with Crippen LogP contribution in [0.4, 0.5) is 4.39 Å². The number of nitrogens with zero attached hydrogens (tertiary/aromatic N) is 3. The monoisotopic (exact) mass is 461 g/mol. The molecule has 33 heavy (non-hydrogen) atoms. The quantitative estimate of drug-likeness (QED) is 0.223. The Bertz CT molecular complexity index is 1420. The minimum atomic E-state index is -0.413. The molecule has 1 amide bonds. The van der Waals surface area contributed by atoms with Crippen molar-refractivity contribution >= 4 is 46.0 Å². The summed E-state index contributed by atoms with van der Waals surface area (Å²) in [4.78, 5) is 21.1. The topological polar surface area (TPSA) is 83.0 Å². The Morgan fingerprint density at radius 3 is 2.88 bits per heavy atom. The Kier molecular flexibility index (Phi) is 6.60. The van der Waals surface area contributed by atoms with Crippen LogP contribution in [0.2, 0.25) is 5.02 Å². The third kappa shape index (κ3) is 5.15. The average molecular weight is 462 g/mol. The molecule has 0 bridgehead atoms. The maximum Gasteiger partial charge on any atom is 0.251 e. The Morgan fingerprint density at radius 1 is 1.24 bits per heavy atom. The molecule has 0 radical (unpaired) electrons. The van der Waals surface area contributed by atoms with Crippen LogP contribution in [-0.4, -0.2) is 27.8 Å². The second kappa shape index (κ2) is 9.75. The van der Waals surface area contributed by atoms with Crippen LogP contribution < -0.4 is 5.32 Å². The summed E-state index contributed by atoms with van der Waals surface area (Å²) in [7, 11) is 0. The molecule has 2 aromatic carbocycles. The molecule has 2 N–H and O–H groups in total. The SMILES string of the molecule is C=N/C(=C\C(=C/C)C(=O)NCc1cc2cn[nH]c2cc1F)Cc1ccc2ncc(Cl)cc2c1. The molecule has 0 saturated heterocycles. The molecular formula is C25H21ClFN5O. The van der Waals surface area contributed by atoms with Gasteiger partial charge in [0.25, 0.3) is 5.91 Å². The van der Waals surface area contributed by atoms with Gasteiger partial charge in [-0.15, -0.1) is 0 Å². The molecular weight excluding hydrogens is 441 g/mol. The molecule has 0 saturated carbocycles. The summed E-state index contributed by atoms with van der Waals surface area (Å²) >= 11 is 6.05. The number of aliphatic imine (C=N–C) groups is 1. The summed E-state index contributed by atoms with van der Waals surface area (Å²) < 4.78 is 14.3. The minimum absolute atomic E-state index is 0.0479. The van der Waals surface area contributed by atoms with E-state index < -0.39 is 5.82 Å². The molecule has 4 rings (SSSR count). The lowest BCUT2D eigenvalue weighted by molar-refractivity contribution is -0.117. The molecule has 0 unspecified atom stereocenters. The van der Waals surface area contributed by atoms with Crippen LogP contribution in [-0.2, 0) is 17.8 Å². The highest BCUT2D eigenvalue weighted by Crippen LogP contribution is 2.21. The van der Waals surface area contributed by atoms with Gasteiger partial charge in [-0.25, -0.2) is 4.39 Å². The molecule has 6 nitrogen and oxygen atoms in total. The molecule has 166 valence electrons. The minimum Gasteiger partial charge on any atom is -0.348 e. The normalized spacial score (nSPS) is 12.3. The van der Waals surface area contributed by atoms with Crippen LogP contribution >= 0.6 is 11.6 Å². The van der Waals surface area contributed by atoms with E-state index in [1.54, 1.807) is 37.5 Å². The van der Waals surface area contributed by atoms with Crippen LogP contribution in [0, 0.1) is 5.82 Å². The summed E-state index contributed by atoms with van der Waals surface area (Å²) in [6, 6.07) is 10.7. The number of allylic oxidation sites excluding steroid dienone is 2. The van der Waals surface area contributed by atoms with E-state index in [0.29, 0.717) is 33.8 Å². The predicted molar refractivity (Wildman–Crippen MR) is 130 cm³/mol. The average Bonchev–Trinajstić information content (AvgIpc) is 3.26. The first kappa shape index (κ1) is 22.4. The summed E-state index contributed by atoms with van der Waals surface area (Å²) in [6.07, 6.45) is 7.05. The first-order valence-corrected chi connectivity index (χ1v) is 10.6. The number of benzene rings is 2. The van der Waals surface area contributed by atoms with Crippen molar-refractivity contribution in [1.29, 1.82) is 0 Å². The Labute approximate surface area is 194 Å². The van der Waals surface area contributed by atoms with Crippen molar-refractivity contribution in [2.45, 2.75) is 19.9 Å². The van der Waals surface area contributed by atoms with E-state index in [2.05, 4.69) is 32.2 Å². The van der Waals surface area contributed by atoms with Crippen LogP contribution in [0.3, 0.4) is 0 Å². The summed E-state index contributed by atoms with van der Waals surface area (Å²) in [5, 5.41) is 11.6. The fourth-order valence-electron chi connectivity index (χ4n) is 3.51. The van der Waals surface area contributed by atoms with E-state index in [9.17, 15) is 9.18 Å². The number of aromatic nitrogens is 3. The van der Waals surface area contributed by atoms with Crippen molar-refractivity contribution in [2.75, 3.05) is 0 Å². The van der Waals surface area contributed by atoms with Gasteiger partial charge < -0.3 is 5.32 Å². The van der Waals surface area contributed by atoms with E-state index >= 15 is 0 Å². The van der Waals surface area contributed by atoms with E-state index in [0.717, 1.165) is 21.9 Å². The predicted octanol–water partition coefficient (Wildman–Crippen LogP) is 5.29. The number of carbonyl (C=O) groups is 1. The molecule has 0 fully saturated rings. The van der Waals surface area contributed by atoms with Crippen molar-refractivity contribution in [2.24, 2.45) is 4.99 Å². The molecule has 2 aromatic heterocycles. The number of halogens is 2. The molecule has 0 spiro atoms. The highest BCUT2D eigenvalue weighted by molar-refractivity contribution is 6.31. The first-order chi connectivity index (χ1) is 16.0. The van der Waals surface area contributed by atoms with E-state index in [-0.39, 0.29) is 12.5 Å². The lowest BCUT2D eigenvalue weighted by atomic mass is 10.0. The number of fused-ring (bicyclic) bond motifs is 2. The van der Waals surface area contributed by atoms with Crippen molar-refractivity contribution in [3.63, 3.8) is 0 Å². The molecule has 4 aromatic rings. The Morgan fingerprint density at radius 2 is 2.09 bits per heavy atom. The zero-order valence-electron chi connectivity index (χ0n) is 17.9. The number of amides is 1. The summed E-state index contributed by atoms with van der Waals surface area (Å²) in [5.74, 6) is -0.746. The third-order valence-electron chi connectivity index (χ3n) is 5.24. The molecule has 0 aliphatic carbocycles. The van der Waals surface area contributed by atoms with E-state index in [4.69, 9.17) is 11.6 Å². The molecule has 2 heterocycles. The zero-order chi connectivity index (χ0) is 23.4. The number of aromatic amines is 1. The number of H-pyrrole nitrogens is 1. The Balaban J connectivity index is 1.48. The van der Waals surface area contributed by atoms with Crippen molar-refractivity contribution < 1.29 is 9.18 Å². The largest absolute Gasteiger partial charge is 0.348 e. The van der Waals surface area contributed by atoms with Crippen LogP contribution in [0.1, 0.15) is 18.1 Å². The maximum absolute atomic E-state index is 14.3. The first-order valence-electron chi connectivity index (χ1n) is 10.2. The lowest BCUT2D eigenvalue weighted by Gasteiger charge is -2.09. The van der Waals surface area contributed by atoms with Gasteiger partial charge in [0.15, 0.2) is 0 Å². The highest BCUT2D eigenvalue weighted by atomic mass is 35.5. The van der Waals surface area contributed by atoms with Gasteiger partial charge in [0.05, 0.1) is 22.3 Å². The molecule has 8 heteroatoms. The summed E-state index contributed by atoms with van der Waals surface area (Å²) in [5.41, 5.74) is 3.84. The maximum atomic E-state index is 14.3. The smallest absolute Gasteiger partial charge is 0.251 e. The third-order valence-corrected chi connectivity index (χ3v) is 5.45. The fourth-order valence-corrected chi connectivity index (χ4v) is 3.68. The van der Waals surface area contributed by atoms with Gasteiger partial charge >= 0.3 is 0 Å². The van der Waals surface area contributed by atoms with Gasteiger partial charge in [-0.05, 0) is 55.6 Å². The second-order valence-corrected chi connectivity index (χ2v) is 7.92. The number of carbonyl (C=O) groups excluding carboxylic acids is 1. The van der Waals surface area contributed by atoms with E-state index in [1.165, 1.54) is 6.07 Å². The van der Waals surface area contributed by atoms with Crippen molar-refractivity contribution in [3.8, 4) is 0 Å². The standard InChI is InChI=1S/C25H21ClFN5O/c1-3-16(25(33)30-12-18-8-19-13-31-32-24(19)11-22(18)27)10-21(28-2)7-15-4-5-23-17(6-15)9-20(26)14-29-23/h3-6,8-11,13-14H,2,7,12H2,1H3,(H,30,33)(H,31,32)/b16-3+,21-10-. The van der Waals surface area contributed by atoms with Crippen LogP contribution in [0.25, 0.3) is 21.8 Å². The molecule has 0 aliphatic heterocycles. The second-order valence-electron chi connectivity index (χ2n) is 7.48. The van der Waals surface area contributed by atoms with Crippen molar-refractivity contribution in [1.82, 2.24) is 20.5 Å². The van der Waals surface area contributed by atoms with Gasteiger partial charge in [-0.1, -0.05) is 23.7 Å². The number of rotatable bonds is 7. The number of nitrogens with one attached hydrogen (secondary N) is 2. The molecule has 0 atom stereocenters. The van der Waals surface area contributed by atoms with Gasteiger partial charge in [-0.3, -0.25) is 19.9 Å². The number of hydrogen-bond donors (Lipinski definition) is 2. The van der Waals surface area contributed by atoms with Gasteiger partial charge in [0, 0.05) is 46.8 Å². The van der Waals surface area contributed by atoms with E-state index in [1.807, 2.05) is 24.3 Å². The Hall–Kier alpha value is -3.84. The summed E-state index contributed by atoms with van der Waals surface area (Å²) in [6.45, 7) is 5.45. The lowest BCUT2D eigenvalue weighted by Crippen LogP contribution is -2.24.